The molecule has 2 aromatic carbocycles. The number of hydrogen-bond donors (Lipinski definition) is 1. The van der Waals surface area contributed by atoms with E-state index in [1.807, 2.05) is 24.3 Å². The number of ether oxygens (including phenoxy) is 2. The predicted octanol–water partition coefficient (Wildman–Crippen LogP) is 3.23. The molecule has 1 saturated heterocycles. The summed E-state index contributed by atoms with van der Waals surface area (Å²) in [7, 11) is 0. The molecule has 1 fully saturated rings. The molecule has 0 radical (unpaired) electrons. The maximum Gasteiger partial charge on any atom is 0.214 e. The molecular formula is C17H15ClN4O3S. The van der Waals surface area contributed by atoms with E-state index in [1.54, 1.807) is 28.9 Å². The molecule has 0 amide bonds. The van der Waals surface area contributed by atoms with Crippen LogP contribution in [0.5, 0.6) is 5.75 Å². The van der Waals surface area contributed by atoms with Crippen LogP contribution in [-0.4, -0.2) is 43.8 Å². The molecule has 2 heterocycles. The lowest BCUT2D eigenvalue weighted by molar-refractivity contribution is -0.0565. The maximum absolute atomic E-state index is 9.40. The van der Waals surface area contributed by atoms with Crippen molar-refractivity contribution in [2.24, 2.45) is 0 Å². The third kappa shape index (κ3) is 3.83. The van der Waals surface area contributed by atoms with E-state index in [4.69, 9.17) is 21.1 Å². The zero-order valence-corrected chi connectivity index (χ0v) is 15.1. The van der Waals surface area contributed by atoms with Crippen molar-refractivity contribution in [3.8, 4) is 11.4 Å². The summed E-state index contributed by atoms with van der Waals surface area (Å²) in [5, 5.41) is 22.5. The van der Waals surface area contributed by atoms with Gasteiger partial charge in [0.25, 0.3) is 0 Å². The van der Waals surface area contributed by atoms with Crippen LogP contribution in [0.25, 0.3) is 5.69 Å². The van der Waals surface area contributed by atoms with E-state index in [0.29, 0.717) is 22.5 Å². The molecule has 4 rings (SSSR count). The number of aromatic hydroxyl groups is 1. The van der Waals surface area contributed by atoms with Gasteiger partial charge in [0.2, 0.25) is 5.16 Å². The molecule has 0 unspecified atom stereocenters. The number of aromatic nitrogens is 4. The van der Waals surface area contributed by atoms with Crippen LogP contribution in [0.4, 0.5) is 0 Å². The molecule has 1 N–H and O–H groups in total. The Morgan fingerprint density at radius 3 is 2.69 bits per heavy atom. The summed E-state index contributed by atoms with van der Waals surface area (Å²) in [5.74, 6) is 0.850. The number of halogens is 1. The summed E-state index contributed by atoms with van der Waals surface area (Å²) < 4.78 is 13.3. The molecular weight excluding hydrogens is 376 g/mol. The second-order valence-electron chi connectivity index (χ2n) is 5.68. The number of rotatable bonds is 5. The van der Waals surface area contributed by atoms with Crippen molar-refractivity contribution in [2.75, 3.05) is 12.4 Å². The second-order valence-corrected chi connectivity index (χ2v) is 7.10. The number of tetrazole rings is 1. The minimum atomic E-state index is -0.383. The van der Waals surface area contributed by atoms with E-state index in [0.717, 1.165) is 11.3 Å². The average Bonchev–Trinajstić information content (AvgIpc) is 3.30. The Bertz CT molecular complexity index is 872. The molecule has 2 atom stereocenters. The molecule has 0 saturated carbocycles. The quantitative estimate of drug-likeness (QED) is 0.669. The second kappa shape index (κ2) is 7.63. The van der Waals surface area contributed by atoms with Crippen LogP contribution in [-0.2, 0) is 9.47 Å². The summed E-state index contributed by atoms with van der Waals surface area (Å²) in [6.07, 6.45) is -0.448. The first-order chi connectivity index (χ1) is 12.7. The van der Waals surface area contributed by atoms with Crippen molar-refractivity contribution >= 4 is 23.4 Å². The van der Waals surface area contributed by atoms with Gasteiger partial charge in [-0.2, -0.15) is 4.68 Å². The van der Waals surface area contributed by atoms with Crippen LogP contribution in [0.15, 0.2) is 53.7 Å². The highest BCUT2D eigenvalue weighted by Gasteiger charge is 2.28. The lowest BCUT2D eigenvalue weighted by Gasteiger charge is -2.11. The van der Waals surface area contributed by atoms with Gasteiger partial charge in [-0.15, -0.1) is 5.10 Å². The molecule has 1 aliphatic heterocycles. The van der Waals surface area contributed by atoms with Crippen molar-refractivity contribution in [1.29, 1.82) is 0 Å². The predicted molar refractivity (Wildman–Crippen MR) is 96.6 cm³/mol. The van der Waals surface area contributed by atoms with Crippen LogP contribution >= 0.6 is 23.4 Å². The SMILES string of the molecule is Oc1ccc(-n2nnnc2SC[C@H]2CO[C@H](c3ccc(Cl)cc3)O2)cc1. The third-order valence-electron chi connectivity index (χ3n) is 3.83. The number of phenols is 1. The van der Waals surface area contributed by atoms with Crippen LogP contribution in [0.3, 0.4) is 0 Å². The zero-order chi connectivity index (χ0) is 17.9. The Morgan fingerprint density at radius 2 is 1.92 bits per heavy atom. The Hall–Kier alpha value is -2.13. The van der Waals surface area contributed by atoms with Gasteiger partial charge in [-0.3, -0.25) is 0 Å². The van der Waals surface area contributed by atoms with E-state index in [1.165, 1.54) is 11.8 Å². The summed E-state index contributed by atoms with van der Waals surface area (Å²) in [6.45, 7) is 0.501. The molecule has 9 heteroatoms. The van der Waals surface area contributed by atoms with Gasteiger partial charge in [0, 0.05) is 16.3 Å². The number of hydrogen-bond acceptors (Lipinski definition) is 7. The Kier molecular flexibility index (Phi) is 5.07. The normalized spacial score (nSPS) is 19.7. The Balaban J connectivity index is 1.37. The van der Waals surface area contributed by atoms with Crippen LogP contribution < -0.4 is 0 Å². The smallest absolute Gasteiger partial charge is 0.214 e. The molecule has 0 spiro atoms. The molecule has 1 aliphatic rings. The van der Waals surface area contributed by atoms with E-state index in [9.17, 15) is 5.11 Å². The van der Waals surface area contributed by atoms with Crippen molar-refractivity contribution in [2.45, 2.75) is 17.6 Å². The van der Waals surface area contributed by atoms with Gasteiger partial charge in [0.05, 0.1) is 18.4 Å². The van der Waals surface area contributed by atoms with Crippen LogP contribution in [0, 0.1) is 0 Å². The minimum Gasteiger partial charge on any atom is -0.508 e. The van der Waals surface area contributed by atoms with Crippen molar-refractivity contribution < 1.29 is 14.6 Å². The first-order valence-electron chi connectivity index (χ1n) is 7.92. The lowest BCUT2D eigenvalue weighted by Crippen LogP contribution is -2.13. The molecule has 0 aliphatic carbocycles. The summed E-state index contributed by atoms with van der Waals surface area (Å²) >= 11 is 7.40. The first kappa shape index (κ1) is 17.3. The Morgan fingerprint density at radius 1 is 1.15 bits per heavy atom. The monoisotopic (exact) mass is 390 g/mol. The number of phenolic OH excluding ortho intramolecular Hbond substituents is 1. The molecule has 134 valence electrons. The largest absolute Gasteiger partial charge is 0.508 e. The van der Waals surface area contributed by atoms with Crippen molar-refractivity contribution in [3.05, 3.63) is 59.1 Å². The first-order valence-corrected chi connectivity index (χ1v) is 9.28. The molecule has 26 heavy (non-hydrogen) atoms. The fraction of sp³-hybridized carbons (Fsp3) is 0.235. The van der Waals surface area contributed by atoms with Gasteiger partial charge >= 0.3 is 0 Å². The van der Waals surface area contributed by atoms with E-state index in [-0.39, 0.29) is 18.1 Å². The topological polar surface area (TPSA) is 82.3 Å². The summed E-state index contributed by atoms with van der Waals surface area (Å²) in [6, 6.07) is 14.1. The van der Waals surface area contributed by atoms with E-state index < -0.39 is 0 Å². The number of thioether (sulfide) groups is 1. The summed E-state index contributed by atoms with van der Waals surface area (Å²) in [5.41, 5.74) is 1.72. The minimum absolute atomic E-state index is 0.0642. The standard InChI is InChI=1S/C17H15ClN4O3S/c18-12-3-1-11(2-4-12)16-24-9-15(25-16)10-26-17-19-20-21-22(17)13-5-7-14(23)8-6-13/h1-8,15-16,23H,9-10H2/t15-,16+/m1/s1. The summed E-state index contributed by atoms with van der Waals surface area (Å²) in [4.78, 5) is 0. The van der Waals surface area contributed by atoms with Gasteiger partial charge in [0.15, 0.2) is 6.29 Å². The highest BCUT2D eigenvalue weighted by molar-refractivity contribution is 7.99. The van der Waals surface area contributed by atoms with E-state index in [2.05, 4.69) is 15.5 Å². The molecule has 7 nitrogen and oxygen atoms in total. The van der Waals surface area contributed by atoms with Crippen LogP contribution in [0.1, 0.15) is 11.9 Å². The molecule has 1 aromatic heterocycles. The fourth-order valence-electron chi connectivity index (χ4n) is 2.52. The Labute approximate surface area is 158 Å². The van der Waals surface area contributed by atoms with Gasteiger partial charge in [0.1, 0.15) is 5.75 Å². The van der Waals surface area contributed by atoms with Crippen LogP contribution in [0.2, 0.25) is 5.02 Å². The number of nitrogens with zero attached hydrogens (tertiary/aromatic N) is 4. The molecule has 0 bridgehead atoms. The lowest BCUT2D eigenvalue weighted by atomic mass is 10.2. The van der Waals surface area contributed by atoms with Gasteiger partial charge in [-0.1, -0.05) is 35.5 Å². The maximum atomic E-state index is 9.40. The molecule has 3 aromatic rings. The highest BCUT2D eigenvalue weighted by atomic mass is 35.5. The van der Waals surface area contributed by atoms with E-state index >= 15 is 0 Å². The van der Waals surface area contributed by atoms with Gasteiger partial charge in [-0.05, 0) is 46.8 Å². The van der Waals surface area contributed by atoms with Gasteiger partial charge in [-0.25, -0.2) is 0 Å². The third-order valence-corrected chi connectivity index (χ3v) is 5.13. The van der Waals surface area contributed by atoms with Crippen molar-refractivity contribution in [1.82, 2.24) is 20.2 Å². The average molecular weight is 391 g/mol. The number of benzene rings is 2. The van der Waals surface area contributed by atoms with Crippen molar-refractivity contribution in [3.63, 3.8) is 0 Å². The fourth-order valence-corrected chi connectivity index (χ4v) is 3.52. The highest BCUT2D eigenvalue weighted by Crippen LogP contribution is 2.30. The zero-order valence-electron chi connectivity index (χ0n) is 13.5. The van der Waals surface area contributed by atoms with Gasteiger partial charge < -0.3 is 14.6 Å².